The van der Waals surface area contributed by atoms with Crippen LogP contribution in [0.25, 0.3) is 0 Å². The summed E-state index contributed by atoms with van der Waals surface area (Å²) in [5.74, 6) is -2.17. The molecule has 0 aromatic heterocycles. The molecular weight excluding hydrogens is 280 g/mol. The average molecular weight is 296 g/mol. The predicted molar refractivity (Wildman–Crippen MR) is 80.7 cm³/mol. The molecule has 0 radical (unpaired) electrons. The summed E-state index contributed by atoms with van der Waals surface area (Å²) in [6.45, 7) is 0. The van der Waals surface area contributed by atoms with E-state index in [1.165, 1.54) is 0 Å². The molecule has 2 unspecified atom stereocenters. The monoisotopic (exact) mass is 296 g/mol. The third-order valence-corrected chi connectivity index (χ3v) is 4.87. The van der Waals surface area contributed by atoms with E-state index in [1.807, 2.05) is 0 Å². The molecule has 2 aromatic rings. The van der Waals surface area contributed by atoms with Crippen LogP contribution < -0.4 is 0 Å². The van der Waals surface area contributed by atoms with Crippen molar-refractivity contribution >= 4 is 11.9 Å². The lowest BCUT2D eigenvalue weighted by Crippen LogP contribution is -2.66. The topological polar surface area (TPSA) is 74.6 Å². The normalized spacial score (nSPS) is 26.9. The van der Waals surface area contributed by atoms with Gasteiger partial charge in [0.25, 0.3) is 0 Å². The maximum atomic E-state index is 12.1. The van der Waals surface area contributed by atoms with Gasteiger partial charge in [0.15, 0.2) is 0 Å². The van der Waals surface area contributed by atoms with E-state index in [4.69, 9.17) is 0 Å². The highest BCUT2D eigenvalue weighted by Crippen LogP contribution is 2.59. The van der Waals surface area contributed by atoms with Crippen molar-refractivity contribution in [1.29, 1.82) is 0 Å². The fraction of sp³-hybridized carbons (Fsp3) is 0.222. The van der Waals surface area contributed by atoms with Gasteiger partial charge < -0.3 is 10.2 Å². The summed E-state index contributed by atoms with van der Waals surface area (Å²) >= 11 is 0. The minimum absolute atomic E-state index is 0.313. The quantitative estimate of drug-likeness (QED) is 0.909. The Morgan fingerprint density at radius 3 is 1.23 bits per heavy atom. The van der Waals surface area contributed by atoms with Crippen LogP contribution in [-0.2, 0) is 20.4 Å². The molecule has 2 atom stereocenters. The first-order valence-corrected chi connectivity index (χ1v) is 7.13. The molecule has 0 spiro atoms. The van der Waals surface area contributed by atoms with E-state index in [9.17, 15) is 19.8 Å². The lowest BCUT2D eigenvalue weighted by Gasteiger charge is -2.54. The van der Waals surface area contributed by atoms with Crippen molar-refractivity contribution < 1.29 is 19.8 Å². The average Bonchev–Trinajstić information content (AvgIpc) is 2.48. The number of benzene rings is 2. The lowest BCUT2D eigenvalue weighted by molar-refractivity contribution is -0.168. The van der Waals surface area contributed by atoms with Crippen LogP contribution in [0.15, 0.2) is 60.7 Å². The van der Waals surface area contributed by atoms with Crippen molar-refractivity contribution in [3.8, 4) is 0 Å². The smallest absolute Gasteiger partial charge is 0.315 e. The minimum atomic E-state index is -1.43. The molecular formula is C18H16O4. The molecule has 0 aliphatic heterocycles. The zero-order chi connectivity index (χ0) is 15.8. The van der Waals surface area contributed by atoms with E-state index in [-0.39, 0.29) is 0 Å². The summed E-state index contributed by atoms with van der Waals surface area (Å²) in [6.07, 6.45) is 0.626. The molecule has 2 aromatic carbocycles. The third kappa shape index (κ3) is 1.64. The van der Waals surface area contributed by atoms with E-state index in [0.717, 1.165) is 0 Å². The largest absolute Gasteiger partial charge is 0.481 e. The standard InChI is InChI=1S/C18H16O4/c19-15(20)17(13-7-3-1-4-8-13)11-12-18(17,16(21)22)14-9-5-2-6-10-14/h1-10H,11-12H2,(H,19,20)(H,21,22). The van der Waals surface area contributed by atoms with Gasteiger partial charge >= 0.3 is 11.9 Å². The van der Waals surface area contributed by atoms with Gasteiger partial charge in [0.1, 0.15) is 10.8 Å². The van der Waals surface area contributed by atoms with Crippen molar-refractivity contribution in [2.24, 2.45) is 0 Å². The molecule has 4 heteroatoms. The summed E-state index contributed by atoms with van der Waals surface area (Å²) in [5.41, 5.74) is -1.77. The number of hydrogen-bond acceptors (Lipinski definition) is 2. The van der Waals surface area contributed by atoms with Gasteiger partial charge in [-0.1, -0.05) is 60.7 Å². The van der Waals surface area contributed by atoms with Gasteiger partial charge in [-0.3, -0.25) is 9.59 Å². The number of hydrogen-bond donors (Lipinski definition) is 2. The van der Waals surface area contributed by atoms with E-state index in [1.54, 1.807) is 60.7 Å². The SMILES string of the molecule is O=C(O)C1(c2ccccc2)CCC1(C(=O)O)c1ccccc1. The highest BCUT2D eigenvalue weighted by atomic mass is 16.4. The fourth-order valence-corrected chi connectivity index (χ4v) is 3.68. The summed E-state index contributed by atoms with van der Waals surface area (Å²) in [7, 11) is 0. The molecule has 1 saturated carbocycles. The molecule has 2 N–H and O–H groups in total. The highest BCUT2D eigenvalue weighted by Gasteiger charge is 2.69. The van der Waals surface area contributed by atoms with E-state index < -0.39 is 22.8 Å². The molecule has 4 nitrogen and oxygen atoms in total. The summed E-state index contributed by atoms with van der Waals surface area (Å²) < 4.78 is 0. The second kappa shape index (κ2) is 4.98. The van der Waals surface area contributed by atoms with Crippen LogP contribution in [0, 0.1) is 0 Å². The van der Waals surface area contributed by atoms with Crippen LogP contribution in [0.2, 0.25) is 0 Å². The van der Waals surface area contributed by atoms with Gasteiger partial charge in [0.05, 0.1) is 0 Å². The Hall–Kier alpha value is -2.62. The predicted octanol–water partition coefficient (Wildman–Crippen LogP) is 2.83. The number of carboxylic acids is 2. The van der Waals surface area contributed by atoms with Crippen LogP contribution in [0.5, 0.6) is 0 Å². The van der Waals surface area contributed by atoms with Gasteiger partial charge in [-0.05, 0) is 24.0 Å². The van der Waals surface area contributed by atoms with Crippen molar-refractivity contribution in [3.63, 3.8) is 0 Å². The number of carboxylic acid groups (broad SMARTS) is 2. The summed E-state index contributed by atoms with van der Waals surface area (Å²) in [6, 6.07) is 17.4. The highest BCUT2D eigenvalue weighted by molar-refractivity contribution is 5.98. The van der Waals surface area contributed by atoms with Gasteiger partial charge in [0.2, 0.25) is 0 Å². The Labute approximate surface area is 128 Å². The van der Waals surface area contributed by atoms with Gasteiger partial charge in [-0.25, -0.2) is 0 Å². The van der Waals surface area contributed by atoms with E-state index in [0.29, 0.717) is 24.0 Å². The van der Waals surface area contributed by atoms with Crippen LogP contribution in [0.4, 0.5) is 0 Å². The minimum Gasteiger partial charge on any atom is -0.481 e. The Bertz CT molecular complexity index is 647. The first kappa shape index (κ1) is 14.3. The summed E-state index contributed by atoms with van der Waals surface area (Å²) in [5, 5.41) is 19.8. The number of aliphatic carboxylic acids is 2. The fourth-order valence-electron chi connectivity index (χ4n) is 3.68. The van der Waals surface area contributed by atoms with Crippen molar-refractivity contribution in [1.82, 2.24) is 0 Å². The number of carbonyl (C=O) groups is 2. The zero-order valence-electron chi connectivity index (χ0n) is 11.9. The second-order valence-corrected chi connectivity index (χ2v) is 5.65. The van der Waals surface area contributed by atoms with Crippen LogP contribution >= 0.6 is 0 Å². The molecule has 1 aliphatic rings. The van der Waals surface area contributed by atoms with Crippen molar-refractivity contribution in [2.45, 2.75) is 23.7 Å². The van der Waals surface area contributed by atoms with Gasteiger partial charge in [-0.2, -0.15) is 0 Å². The van der Waals surface area contributed by atoms with Crippen molar-refractivity contribution in [3.05, 3.63) is 71.8 Å². The molecule has 22 heavy (non-hydrogen) atoms. The molecule has 1 aliphatic carbocycles. The Kier molecular flexibility index (Phi) is 3.24. The van der Waals surface area contributed by atoms with Crippen LogP contribution in [0.1, 0.15) is 24.0 Å². The van der Waals surface area contributed by atoms with E-state index >= 15 is 0 Å². The third-order valence-electron chi connectivity index (χ3n) is 4.87. The zero-order valence-corrected chi connectivity index (χ0v) is 11.9. The molecule has 1 fully saturated rings. The first-order chi connectivity index (χ1) is 10.6. The van der Waals surface area contributed by atoms with Crippen LogP contribution in [0.3, 0.4) is 0 Å². The second-order valence-electron chi connectivity index (χ2n) is 5.65. The van der Waals surface area contributed by atoms with Gasteiger partial charge in [0, 0.05) is 0 Å². The first-order valence-electron chi connectivity index (χ1n) is 7.13. The maximum Gasteiger partial charge on any atom is 0.315 e. The molecule has 0 saturated heterocycles. The Balaban J connectivity index is 2.27. The van der Waals surface area contributed by atoms with Crippen molar-refractivity contribution in [2.75, 3.05) is 0 Å². The molecule has 0 bridgehead atoms. The van der Waals surface area contributed by atoms with Gasteiger partial charge in [-0.15, -0.1) is 0 Å². The Morgan fingerprint density at radius 1 is 0.682 bits per heavy atom. The van der Waals surface area contributed by atoms with E-state index in [2.05, 4.69) is 0 Å². The molecule has 0 amide bonds. The summed E-state index contributed by atoms with van der Waals surface area (Å²) in [4.78, 5) is 24.3. The lowest BCUT2D eigenvalue weighted by atomic mass is 9.44. The maximum absolute atomic E-state index is 12.1. The Morgan fingerprint density at radius 2 is 1.00 bits per heavy atom. The molecule has 3 rings (SSSR count). The molecule has 112 valence electrons. The molecule has 0 heterocycles. The van der Waals surface area contributed by atoms with Crippen LogP contribution in [-0.4, -0.2) is 22.2 Å². The number of rotatable bonds is 4.